The first kappa shape index (κ1) is 24.2. The first-order chi connectivity index (χ1) is 15.1. The molecule has 1 saturated carbocycles. The summed E-state index contributed by atoms with van der Waals surface area (Å²) in [5.74, 6) is 0.368. The van der Waals surface area contributed by atoms with Crippen molar-refractivity contribution in [3.05, 3.63) is 58.7 Å². The van der Waals surface area contributed by atoms with Crippen LogP contribution in [0.15, 0.2) is 35.9 Å². The molecule has 2 heteroatoms. The average molecular weight is 429 g/mol. The van der Waals surface area contributed by atoms with E-state index >= 15 is 0 Å². The van der Waals surface area contributed by atoms with Crippen LogP contribution in [-0.2, 0) is 6.42 Å². The summed E-state index contributed by atoms with van der Waals surface area (Å²) in [5.41, 5.74) is 2.77. The van der Waals surface area contributed by atoms with Gasteiger partial charge in [-0.25, -0.2) is 8.78 Å². The van der Waals surface area contributed by atoms with Crippen LogP contribution in [0.2, 0.25) is 0 Å². The van der Waals surface area contributed by atoms with E-state index in [4.69, 9.17) is 0 Å². The topological polar surface area (TPSA) is 0 Å². The van der Waals surface area contributed by atoms with E-state index < -0.39 is 11.6 Å². The highest BCUT2D eigenvalue weighted by Gasteiger charge is 2.25. The zero-order valence-electron chi connectivity index (χ0n) is 19.8. The molecule has 2 aliphatic carbocycles. The van der Waals surface area contributed by atoms with Crippen LogP contribution in [0.1, 0.15) is 114 Å². The lowest BCUT2D eigenvalue weighted by Gasteiger charge is -2.28. The maximum atomic E-state index is 14.8. The molecule has 1 unspecified atom stereocenters. The van der Waals surface area contributed by atoms with Crippen molar-refractivity contribution in [1.82, 2.24) is 0 Å². The number of halogens is 2. The fourth-order valence-electron chi connectivity index (χ4n) is 5.43. The van der Waals surface area contributed by atoms with Crippen molar-refractivity contribution >= 4 is 0 Å². The Kier molecular flexibility index (Phi) is 9.81. The van der Waals surface area contributed by atoms with Gasteiger partial charge in [0.1, 0.15) is 0 Å². The van der Waals surface area contributed by atoms with Gasteiger partial charge in [0.15, 0.2) is 11.6 Å². The molecule has 1 aromatic carbocycles. The quantitative estimate of drug-likeness (QED) is 0.257. The van der Waals surface area contributed by atoms with E-state index in [0.29, 0.717) is 23.5 Å². The number of hydrogen-bond acceptors (Lipinski definition) is 0. The zero-order valence-corrected chi connectivity index (χ0v) is 19.8. The molecule has 0 aromatic heterocycles. The lowest BCUT2D eigenvalue weighted by Crippen LogP contribution is -2.14. The van der Waals surface area contributed by atoms with Gasteiger partial charge in [-0.1, -0.05) is 69.0 Å². The number of unbranched alkanes of at least 4 members (excludes halogenated alkanes) is 2. The van der Waals surface area contributed by atoms with E-state index in [0.717, 1.165) is 44.4 Å². The summed E-state index contributed by atoms with van der Waals surface area (Å²) in [6.45, 7) is 4.48. The summed E-state index contributed by atoms with van der Waals surface area (Å²) >= 11 is 0. The highest BCUT2D eigenvalue weighted by atomic mass is 19.2. The molecule has 0 heterocycles. The summed E-state index contributed by atoms with van der Waals surface area (Å²) in [6, 6.07) is 3.69. The van der Waals surface area contributed by atoms with Crippen LogP contribution < -0.4 is 0 Å². The second-order valence-corrected chi connectivity index (χ2v) is 9.89. The van der Waals surface area contributed by atoms with Crippen LogP contribution in [0.4, 0.5) is 8.78 Å². The minimum atomic E-state index is -0.610. The summed E-state index contributed by atoms with van der Waals surface area (Å²) in [6.07, 6.45) is 22.5. The summed E-state index contributed by atoms with van der Waals surface area (Å²) < 4.78 is 29.5. The first-order valence-corrected chi connectivity index (χ1v) is 12.9. The van der Waals surface area contributed by atoms with Gasteiger partial charge in [-0.2, -0.15) is 0 Å². The highest BCUT2D eigenvalue weighted by molar-refractivity contribution is 5.29. The molecule has 2 aliphatic rings. The fourth-order valence-corrected chi connectivity index (χ4v) is 5.43. The molecule has 1 atom stereocenters. The lowest BCUT2D eigenvalue weighted by molar-refractivity contribution is 0.312. The van der Waals surface area contributed by atoms with Gasteiger partial charge in [0.25, 0.3) is 0 Å². The Morgan fingerprint density at radius 3 is 2.42 bits per heavy atom. The smallest absolute Gasteiger partial charge is 0.162 e. The Hall–Kier alpha value is -1.44. The van der Waals surface area contributed by atoms with Gasteiger partial charge in [-0.15, -0.1) is 0 Å². The van der Waals surface area contributed by atoms with E-state index in [1.54, 1.807) is 5.57 Å². The predicted molar refractivity (Wildman–Crippen MR) is 128 cm³/mol. The van der Waals surface area contributed by atoms with Gasteiger partial charge >= 0.3 is 0 Å². The lowest BCUT2D eigenvalue weighted by atomic mass is 9.77. The van der Waals surface area contributed by atoms with Crippen LogP contribution in [-0.4, -0.2) is 0 Å². The van der Waals surface area contributed by atoms with E-state index in [1.165, 1.54) is 44.9 Å². The normalized spacial score (nSPS) is 24.5. The molecule has 0 N–H and O–H groups in total. The molecule has 172 valence electrons. The molecule has 0 aliphatic heterocycles. The van der Waals surface area contributed by atoms with Gasteiger partial charge in [0.05, 0.1) is 0 Å². The molecule has 31 heavy (non-hydrogen) atoms. The SMILES string of the molecule is CCCCCC1=CCC(/C=C/CCc2ccc(C3CCC(CC)CC3)c(F)c2F)CC1. The Morgan fingerprint density at radius 2 is 1.74 bits per heavy atom. The number of hydrogen-bond donors (Lipinski definition) is 0. The van der Waals surface area contributed by atoms with Crippen LogP contribution >= 0.6 is 0 Å². The summed E-state index contributed by atoms with van der Waals surface area (Å²) in [7, 11) is 0. The van der Waals surface area contributed by atoms with Crippen LogP contribution in [0.25, 0.3) is 0 Å². The Balaban J connectivity index is 1.46. The Labute approximate surface area is 189 Å². The van der Waals surface area contributed by atoms with Crippen molar-refractivity contribution in [2.75, 3.05) is 0 Å². The summed E-state index contributed by atoms with van der Waals surface area (Å²) in [4.78, 5) is 0. The third kappa shape index (κ3) is 7.02. The van der Waals surface area contributed by atoms with Gasteiger partial charge < -0.3 is 0 Å². The first-order valence-electron chi connectivity index (χ1n) is 12.9. The molecule has 1 aromatic rings. The van der Waals surface area contributed by atoms with Crippen molar-refractivity contribution in [3.63, 3.8) is 0 Å². The number of benzene rings is 1. The van der Waals surface area contributed by atoms with Gasteiger partial charge in [-0.3, -0.25) is 0 Å². The van der Waals surface area contributed by atoms with Gasteiger partial charge in [-0.05, 0) is 99.5 Å². The highest BCUT2D eigenvalue weighted by Crippen LogP contribution is 2.38. The standard InChI is InChI=1S/C29H42F2/c1-3-5-6-9-23-12-14-24(15-13-23)10-7-8-11-26-20-21-27(29(31)28(26)30)25-18-16-22(4-2)17-19-25/h7,10,12,20-22,24-25H,3-6,8-9,11,13-19H2,1-2H3/b10-7+. The van der Waals surface area contributed by atoms with Crippen molar-refractivity contribution in [2.24, 2.45) is 11.8 Å². The van der Waals surface area contributed by atoms with Crippen molar-refractivity contribution < 1.29 is 8.78 Å². The van der Waals surface area contributed by atoms with Crippen LogP contribution in [0.5, 0.6) is 0 Å². The number of allylic oxidation sites excluding steroid dienone is 4. The molecule has 0 nitrogen and oxygen atoms in total. The van der Waals surface area contributed by atoms with Crippen molar-refractivity contribution in [3.8, 4) is 0 Å². The molecule has 0 bridgehead atoms. The minimum Gasteiger partial charge on any atom is -0.203 e. The molecule has 0 amide bonds. The zero-order chi connectivity index (χ0) is 22.1. The van der Waals surface area contributed by atoms with Gasteiger partial charge in [0, 0.05) is 0 Å². The predicted octanol–water partition coefficient (Wildman–Crippen LogP) is 9.44. The minimum absolute atomic E-state index is 0.192. The monoisotopic (exact) mass is 428 g/mol. The average Bonchev–Trinajstić information content (AvgIpc) is 2.80. The maximum Gasteiger partial charge on any atom is 0.162 e. The van der Waals surface area contributed by atoms with E-state index in [2.05, 4.69) is 32.1 Å². The van der Waals surface area contributed by atoms with Crippen LogP contribution in [0, 0.1) is 23.5 Å². The van der Waals surface area contributed by atoms with Crippen molar-refractivity contribution in [2.45, 2.75) is 110 Å². The third-order valence-electron chi connectivity index (χ3n) is 7.69. The van der Waals surface area contributed by atoms with E-state index in [-0.39, 0.29) is 5.92 Å². The second kappa shape index (κ2) is 12.6. The molecule has 1 fully saturated rings. The molecular weight excluding hydrogens is 386 g/mol. The van der Waals surface area contributed by atoms with E-state index in [9.17, 15) is 8.78 Å². The Morgan fingerprint density at radius 1 is 0.935 bits per heavy atom. The molecule has 0 radical (unpaired) electrons. The molecule has 0 saturated heterocycles. The molecule has 3 rings (SSSR count). The maximum absolute atomic E-state index is 14.8. The largest absolute Gasteiger partial charge is 0.203 e. The fraction of sp³-hybridized carbons (Fsp3) is 0.655. The number of rotatable bonds is 10. The van der Waals surface area contributed by atoms with E-state index in [1.807, 2.05) is 12.1 Å². The summed E-state index contributed by atoms with van der Waals surface area (Å²) in [5, 5.41) is 0. The third-order valence-corrected chi connectivity index (χ3v) is 7.69. The molecule has 0 spiro atoms. The number of aryl methyl sites for hydroxylation is 1. The van der Waals surface area contributed by atoms with Crippen molar-refractivity contribution in [1.29, 1.82) is 0 Å². The van der Waals surface area contributed by atoms with Gasteiger partial charge in [0.2, 0.25) is 0 Å². The second-order valence-electron chi connectivity index (χ2n) is 9.89. The van der Waals surface area contributed by atoms with Crippen LogP contribution in [0.3, 0.4) is 0 Å². The Bertz CT molecular complexity index is 737. The molecular formula is C29H42F2.